The van der Waals surface area contributed by atoms with Crippen LogP contribution in [0, 0.1) is 13.8 Å². The van der Waals surface area contributed by atoms with Crippen LogP contribution < -0.4 is 4.74 Å². The van der Waals surface area contributed by atoms with E-state index in [-0.39, 0.29) is 18.0 Å². The van der Waals surface area contributed by atoms with Crippen molar-refractivity contribution < 1.29 is 22.7 Å². The Morgan fingerprint density at radius 3 is 2.62 bits per heavy atom. The van der Waals surface area contributed by atoms with Crippen molar-refractivity contribution in [3.63, 3.8) is 0 Å². The number of nitrogens with zero attached hydrogens (tertiary/aromatic N) is 3. The van der Waals surface area contributed by atoms with Crippen molar-refractivity contribution in [1.82, 2.24) is 15.1 Å². The van der Waals surface area contributed by atoms with Crippen molar-refractivity contribution >= 4 is 5.91 Å². The average Bonchev–Trinajstić information content (AvgIpc) is 3.05. The van der Waals surface area contributed by atoms with Gasteiger partial charge in [-0.15, -0.1) is 5.10 Å². The molecular formula is C21H24F3N3O2. The highest BCUT2D eigenvalue weighted by atomic mass is 19.4. The summed E-state index contributed by atoms with van der Waals surface area (Å²) in [5.74, 6) is 0.580. The van der Waals surface area contributed by atoms with E-state index in [9.17, 15) is 18.0 Å². The van der Waals surface area contributed by atoms with E-state index in [1.807, 2.05) is 32.0 Å². The number of methoxy groups -OCH3 is 1. The monoisotopic (exact) mass is 407 g/mol. The minimum Gasteiger partial charge on any atom is -0.496 e. The summed E-state index contributed by atoms with van der Waals surface area (Å²) < 4.78 is 43.8. The van der Waals surface area contributed by atoms with E-state index in [2.05, 4.69) is 10.2 Å². The number of hydrogen-bond donors (Lipinski definition) is 0. The lowest BCUT2D eigenvalue weighted by atomic mass is 9.85. The molecule has 3 rings (SSSR count). The predicted octanol–water partition coefficient (Wildman–Crippen LogP) is 4.20. The van der Waals surface area contributed by atoms with E-state index >= 15 is 0 Å². The van der Waals surface area contributed by atoms with Gasteiger partial charge in [-0.2, -0.15) is 18.3 Å². The molecule has 29 heavy (non-hydrogen) atoms. The molecule has 1 aliphatic heterocycles. The molecule has 0 bridgehead atoms. The maximum Gasteiger partial charge on any atom is 0.435 e. The minimum absolute atomic E-state index is 0.0877. The van der Waals surface area contributed by atoms with Crippen molar-refractivity contribution in [1.29, 1.82) is 0 Å². The third-order valence-corrected chi connectivity index (χ3v) is 5.72. The van der Waals surface area contributed by atoms with Gasteiger partial charge in [0.2, 0.25) is 5.91 Å². The lowest BCUT2D eigenvalue weighted by Gasteiger charge is -2.37. The Kier molecular flexibility index (Phi) is 5.56. The molecule has 1 amide bonds. The maximum absolute atomic E-state index is 13.1. The molecule has 0 spiro atoms. The van der Waals surface area contributed by atoms with Gasteiger partial charge in [0.15, 0.2) is 5.69 Å². The minimum atomic E-state index is -4.56. The largest absolute Gasteiger partial charge is 0.496 e. The molecular weight excluding hydrogens is 383 g/mol. The first-order valence-electron chi connectivity index (χ1n) is 9.43. The van der Waals surface area contributed by atoms with Gasteiger partial charge >= 0.3 is 6.18 Å². The van der Waals surface area contributed by atoms with E-state index in [0.717, 1.165) is 35.8 Å². The van der Waals surface area contributed by atoms with Crippen LogP contribution in [0.15, 0.2) is 24.3 Å². The molecule has 1 aliphatic rings. The summed E-state index contributed by atoms with van der Waals surface area (Å²) in [7, 11) is 1.61. The van der Waals surface area contributed by atoms with Gasteiger partial charge in [-0.3, -0.25) is 4.79 Å². The highest BCUT2D eigenvalue weighted by Crippen LogP contribution is 2.42. The van der Waals surface area contributed by atoms with Crippen LogP contribution in [0.25, 0.3) is 0 Å². The number of likely N-dealkylation sites (tertiary alicyclic amines) is 1. The highest BCUT2D eigenvalue weighted by molar-refractivity contribution is 5.80. The summed E-state index contributed by atoms with van der Waals surface area (Å²) in [5.41, 5.74) is 0.992. The molecule has 8 heteroatoms. The van der Waals surface area contributed by atoms with Crippen LogP contribution in [0.3, 0.4) is 0 Å². The van der Waals surface area contributed by atoms with Gasteiger partial charge in [0.1, 0.15) is 5.75 Å². The lowest BCUT2D eigenvalue weighted by molar-refractivity contribution is -0.141. The zero-order valence-electron chi connectivity index (χ0n) is 16.9. The molecule has 0 N–H and O–H groups in total. The maximum atomic E-state index is 13.1. The molecule has 1 atom stereocenters. The lowest BCUT2D eigenvalue weighted by Crippen LogP contribution is -2.44. The first-order chi connectivity index (χ1) is 13.6. The number of carbonyl (C=O) groups is 1. The van der Waals surface area contributed by atoms with Gasteiger partial charge in [0, 0.05) is 6.54 Å². The van der Waals surface area contributed by atoms with Crippen LogP contribution in [0.2, 0.25) is 0 Å². The van der Waals surface area contributed by atoms with Gasteiger partial charge in [-0.05, 0) is 62.4 Å². The Bertz CT molecular complexity index is 930. The number of amides is 1. The molecule has 0 unspecified atom stereocenters. The van der Waals surface area contributed by atoms with Crippen LogP contribution in [0.4, 0.5) is 13.2 Å². The summed E-state index contributed by atoms with van der Waals surface area (Å²) in [4.78, 5) is 14.9. The molecule has 156 valence electrons. The topological polar surface area (TPSA) is 55.3 Å². The van der Waals surface area contributed by atoms with Crippen molar-refractivity contribution in [3.8, 4) is 5.75 Å². The second kappa shape index (κ2) is 7.65. The van der Waals surface area contributed by atoms with E-state index in [0.29, 0.717) is 12.1 Å². The molecule has 2 aromatic rings. The van der Waals surface area contributed by atoms with Crippen LogP contribution in [0.1, 0.15) is 47.8 Å². The van der Waals surface area contributed by atoms with Gasteiger partial charge in [0.05, 0.1) is 24.8 Å². The quantitative estimate of drug-likeness (QED) is 0.762. The SMILES string of the molecule is COc1cccc([C@@]2(C)CCCN2C(=O)Cc2nnc(C(F)(F)F)cc2C)c1C. The third kappa shape index (κ3) is 3.93. The molecule has 0 saturated carbocycles. The molecule has 5 nitrogen and oxygen atoms in total. The fourth-order valence-electron chi connectivity index (χ4n) is 4.12. The summed E-state index contributed by atoms with van der Waals surface area (Å²) in [6, 6.07) is 6.71. The number of halogens is 3. The number of alkyl halides is 3. The Morgan fingerprint density at radius 1 is 1.28 bits per heavy atom. The van der Waals surface area contributed by atoms with E-state index in [1.54, 1.807) is 12.0 Å². The Hall–Kier alpha value is -2.64. The Balaban J connectivity index is 1.88. The van der Waals surface area contributed by atoms with Crippen LogP contribution in [-0.4, -0.2) is 34.7 Å². The molecule has 1 aromatic heterocycles. The standard InChI is InChI=1S/C21H24F3N3O2/c1-13-11-18(21(22,23)24)26-25-16(13)12-19(28)27-10-6-9-20(27,3)15-7-5-8-17(29-4)14(15)2/h5,7-8,11H,6,9-10,12H2,1-4H3/t20-/m1/s1. The fraction of sp³-hybridized carbons (Fsp3) is 0.476. The van der Waals surface area contributed by atoms with Crippen molar-refractivity contribution in [3.05, 3.63) is 52.3 Å². The summed E-state index contributed by atoms with van der Waals surface area (Å²) in [6.07, 6.45) is -3.01. The fourth-order valence-corrected chi connectivity index (χ4v) is 4.12. The smallest absolute Gasteiger partial charge is 0.435 e. The molecule has 0 aliphatic carbocycles. The van der Waals surface area contributed by atoms with E-state index in [1.165, 1.54) is 6.92 Å². The van der Waals surface area contributed by atoms with E-state index in [4.69, 9.17) is 4.74 Å². The van der Waals surface area contributed by atoms with Crippen molar-refractivity contribution in [2.24, 2.45) is 0 Å². The predicted molar refractivity (Wildman–Crippen MR) is 102 cm³/mol. The molecule has 1 aromatic carbocycles. The summed E-state index contributed by atoms with van der Waals surface area (Å²) in [5, 5.41) is 6.94. The van der Waals surface area contributed by atoms with Gasteiger partial charge < -0.3 is 9.64 Å². The molecule has 2 heterocycles. The van der Waals surface area contributed by atoms with Crippen LogP contribution in [0.5, 0.6) is 5.75 Å². The van der Waals surface area contributed by atoms with Gasteiger partial charge in [-0.25, -0.2) is 0 Å². The number of carbonyl (C=O) groups excluding carboxylic acids is 1. The summed E-state index contributed by atoms with van der Waals surface area (Å²) in [6.45, 7) is 6.08. The normalized spacial score (nSPS) is 19.5. The number of ether oxygens (including phenoxy) is 1. The number of benzene rings is 1. The first-order valence-corrected chi connectivity index (χ1v) is 9.43. The number of aromatic nitrogens is 2. The van der Waals surface area contributed by atoms with Crippen LogP contribution >= 0.6 is 0 Å². The average molecular weight is 407 g/mol. The second-order valence-electron chi connectivity index (χ2n) is 7.59. The molecule has 0 radical (unpaired) electrons. The van der Waals surface area contributed by atoms with Crippen LogP contribution in [-0.2, 0) is 22.9 Å². The van der Waals surface area contributed by atoms with Gasteiger partial charge in [-0.1, -0.05) is 12.1 Å². The highest BCUT2D eigenvalue weighted by Gasteiger charge is 2.42. The molecule has 1 fully saturated rings. The zero-order chi connectivity index (χ0) is 21.4. The van der Waals surface area contributed by atoms with E-state index < -0.39 is 17.4 Å². The number of hydrogen-bond acceptors (Lipinski definition) is 4. The Labute approximate surface area is 167 Å². The number of aryl methyl sites for hydroxylation is 1. The zero-order valence-corrected chi connectivity index (χ0v) is 16.9. The third-order valence-electron chi connectivity index (χ3n) is 5.72. The van der Waals surface area contributed by atoms with Crippen molar-refractivity contribution in [2.75, 3.05) is 13.7 Å². The van der Waals surface area contributed by atoms with Crippen molar-refractivity contribution in [2.45, 2.75) is 51.7 Å². The van der Waals surface area contributed by atoms with Gasteiger partial charge in [0.25, 0.3) is 0 Å². The summed E-state index contributed by atoms with van der Waals surface area (Å²) >= 11 is 0. The Morgan fingerprint density at radius 2 is 2.00 bits per heavy atom. The number of rotatable bonds is 4. The first kappa shape index (κ1) is 21.1. The second-order valence-corrected chi connectivity index (χ2v) is 7.59. The molecule has 1 saturated heterocycles.